The lowest BCUT2D eigenvalue weighted by molar-refractivity contribution is -0.145. The molecule has 164 valence electrons. The number of piperidine rings is 1. The second kappa shape index (κ2) is 6.47. The number of methoxy groups -OCH3 is 1. The highest BCUT2D eigenvalue weighted by Gasteiger charge is 2.68. The monoisotopic (exact) mass is 426 g/mol. The van der Waals surface area contributed by atoms with E-state index >= 15 is 0 Å². The fourth-order valence-corrected chi connectivity index (χ4v) is 7.45. The molecule has 0 spiro atoms. The Morgan fingerprint density at radius 2 is 2.03 bits per heavy atom. The number of rotatable bonds is 2. The number of hydrogen-bond acceptors (Lipinski definition) is 9. The maximum atomic E-state index is 13.6. The van der Waals surface area contributed by atoms with Gasteiger partial charge in [0.05, 0.1) is 38.5 Å². The van der Waals surface area contributed by atoms with E-state index in [1.165, 1.54) is 7.11 Å². The van der Waals surface area contributed by atoms with Gasteiger partial charge in [-0.25, -0.2) is 0 Å². The Morgan fingerprint density at radius 3 is 2.71 bits per heavy atom. The van der Waals surface area contributed by atoms with Crippen LogP contribution in [0.3, 0.4) is 0 Å². The molecule has 0 aromatic heterocycles. The van der Waals surface area contributed by atoms with Crippen molar-refractivity contribution in [1.82, 2.24) is 14.7 Å². The highest BCUT2D eigenvalue weighted by Crippen LogP contribution is 2.54. The van der Waals surface area contributed by atoms with Crippen molar-refractivity contribution in [2.75, 3.05) is 33.9 Å². The molecule has 0 radical (unpaired) electrons. The second-order valence-electron chi connectivity index (χ2n) is 9.42. The van der Waals surface area contributed by atoms with E-state index in [-0.39, 0.29) is 60.2 Å². The fraction of sp³-hybridized carbons (Fsp3) is 0.682. The van der Waals surface area contributed by atoms with Crippen LogP contribution >= 0.6 is 0 Å². The predicted octanol–water partition coefficient (Wildman–Crippen LogP) is -0.965. The van der Waals surface area contributed by atoms with Crippen molar-refractivity contribution >= 4 is 11.6 Å². The molecule has 6 rings (SSSR count). The van der Waals surface area contributed by atoms with Crippen LogP contribution in [0.25, 0.3) is 0 Å². The minimum absolute atomic E-state index is 0.00850. The molecule has 0 saturated carbocycles. The van der Waals surface area contributed by atoms with Gasteiger partial charge in [0.2, 0.25) is 5.78 Å². The molecule has 9 nitrogen and oxygen atoms in total. The molecule has 2 bridgehead atoms. The number of aliphatic hydroxyl groups is 1. The molecule has 8 atom stereocenters. The SMILES string of the molecule is COC1=C(C)C(=O)C2=C(C1=O)[C@@H](CO)N1[C@@H]3[C@@H]4[C@@H](C[C@H]([C@@H]1C#N)N4C)[C@H]1OCCN1[C@@H]23. The number of fused-ring (bicyclic) bond motifs is 5. The van der Waals surface area contributed by atoms with E-state index in [9.17, 15) is 20.0 Å². The molecule has 5 aliphatic heterocycles. The van der Waals surface area contributed by atoms with E-state index in [0.717, 1.165) is 6.42 Å². The van der Waals surface area contributed by atoms with E-state index in [4.69, 9.17) is 9.47 Å². The van der Waals surface area contributed by atoms with Gasteiger partial charge >= 0.3 is 0 Å². The van der Waals surface area contributed by atoms with Crippen LogP contribution in [-0.4, -0.2) is 108 Å². The molecule has 0 aromatic carbocycles. The van der Waals surface area contributed by atoms with Gasteiger partial charge in [-0.3, -0.25) is 24.3 Å². The van der Waals surface area contributed by atoms with Crippen molar-refractivity contribution in [1.29, 1.82) is 5.26 Å². The van der Waals surface area contributed by atoms with Crippen molar-refractivity contribution in [2.45, 2.75) is 55.8 Å². The first-order valence-corrected chi connectivity index (χ1v) is 10.9. The van der Waals surface area contributed by atoms with E-state index in [1.807, 2.05) is 4.90 Å². The van der Waals surface area contributed by atoms with Gasteiger partial charge in [-0.15, -0.1) is 0 Å². The summed E-state index contributed by atoms with van der Waals surface area (Å²) in [5.41, 5.74) is 1.07. The summed E-state index contributed by atoms with van der Waals surface area (Å²) in [5, 5.41) is 20.7. The molecular formula is C22H26N4O5. The molecule has 9 heteroatoms. The Balaban J connectivity index is 1.63. The number of carbonyl (C=O) groups is 2. The van der Waals surface area contributed by atoms with E-state index in [1.54, 1.807) is 6.92 Å². The molecule has 31 heavy (non-hydrogen) atoms. The smallest absolute Gasteiger partial charge is 0.226 e. The number of ether oxygens (including phenoxy) is 2. The number of Topliss-reactive ketones (excluding diaryl/α,β-unsaturated/α-hetero) is 2. The number of nitriles is 1. The number of ketones is 2. The average molecular weight is 426 g/mol. The number of hydrogen-bond donors (Lipinski definition) is 1. The van der Waals surface area contributed by atoms with Crippen molar-refractivity contribution in [2.24, 2.45) is 5.92 Å². The van der Waals surface area contributed by atoms with Crippen molar-refractivity contribution in [3.8, 4) is 6.07 Å². The van der Waals surface area contributed by atoms with Crippen LogP contribution in [0.4, 0.5) is 0 Å². The molecule has 1 aliphatic carbocycles. The predicted molar refractivity (Wildman–Crippen MR) is 106 cm³/mol. The van der Waals surface area contributed by atoms with Gasteiger partial charge in [0, 0.05) is 47.3 Å². The maximum Gasteiger partial charge on any atom is 0.226 e. The van der Waals surface area contributed by atoms with Crippen LogP contribution in [0.1, 0.15) is 13.3 Å². The van der Waals surface area contributed by atoms with Gasteiger partial charge < -0.3 is 14.6 Å². The van der Waals surface area contributed by atoms with Crippen molar-refractivity contribution < 1.29 is 24.2 Å². The molecule has 4 fully saturated rings. The molecule has 0 unspecified atom stereocenters. The lowest BCUT2D eigenvalue weighted by Gasteiger charge is -2.61. The summed E-state index contributed by atoms with van der Waals surface area (Å²) < 4.78 is 11.5. The first-order valence-electron chi connectivity index (χ1n) is 10.9. The first-order chi connectivity index (χ1) is 15.0. The molecule has 0 aromatic rings. The zero-order chi connectivity index (χ0) is 21.8. The van der Waals surface area contributed by atoms with Gasteiger partial charge in [0.1, 0.15) is 12.3 Å². The van der Waals surface area contributed by atoms with E-state index in [2.05, 4.69) is 22.9 Å². The molecule has 6 aliphatic rings. The van der Waals surface area contributed by atoms with Gasteiger partial charge in [-0.05, 0) is 20.4 Å². The largest absolute Gasteiger partial charge is 0.492 e. The summed E-state index contributed by atoms with van der Waals surface area (Å²) in [4.78, 5) is 33.7. The quantitative estimate of drug-likeness (QED) is 0.559. The number of allylic oxidation sites excluding steroid dienone is 2. The summed E-state index contributed by atoms with van der Waals surface area (Å²) in [6, 6.07) is 0.854. The van der Waals surface area contributed by atoms with E-state index < -0.39 is 12.1 Å². The number of nitrogens with zero attached hydrogens (tertiary/aromatic N) is 4. The molecule has 0 amide bonds. The normalized spacial score (nSPS) is 44.5. The minimum Gasteiger partial charge on any atom is -0.492 e. The van der Waals surface area contributed by atoms with Crippen LogP contribution in [0.2, 0.25) is 0 Å². The molecule has 5 heterocycles. The zero-order valence-corrected chi connectivity index (χ0v) is 17.8. The summed E-state index contributed by atoms with van der Waals surface area (Å²) >= 11 is 0. The van der Waals surface area contributed by atoms with Crippen molar-refractivity contribution in [3.05, 3.63) is 22.5 Å². The summed E-state index contributed by atoms with van der Waals surface area (Å²) in [5.74, 6) is -0.292. The fourth-order valence-electron chi connectivity index (χ4n) is 7.45. The standard InChI is InChI=1S/C22H26N4O5/c1-9-19(28)15-14(20(29)21(9)30-3)13(8-27)26-12(7-23)11-6-10-16(24(11)2)18(26)17(15)25-4-5-31-22(10)25/h10-13,16-18,22,27H,4-6,8H2,1-3H3/t10-,11-,12+,13-,16+,17+,18-,22-/m1/s1. The third kappa shape index (κ3) is 2.12. The molecule has 4 saturated heterocycles. The van der Waals surface area contributed by atoms with Crippen LogP contribution in [0.15, 0.2) is 22.5 Å². The number of aliphatic hydroxyl groups excluding tert-OH is 1. The average Bonchev–Trinajstić information content (AvgIpc) is 3.34. The number of carbonyl (C=O) groups excluding carboxylic acids is 2. The third-order valence-electron chi connectivity index (χ3n) is 8.50. The Kier molecular flexibility index (Phi) is 4.08. The summed E-state index contributed by atoms with van der Waals surface area (Å²) in [6.45, 7) is 2.56. The summed E-state index contributed by atoms with van der Waals surface area (Å²) in [7, 11) is 3.44. The number of piperazine rings is 1. The lowest BCUT2D eigenvalue weighted by Crippen LogP contribution is -2.78. The lowest BCUT2D eigenvalue weighted by atomic mass is 9.69. The molecule has 1 N–H and O–H groups in total. The first kappa shape index (κ1) is 19.6. The highest BCUT2D eigenvalue weighted by molar-refractivity contribution is 6.25. The Hall–Kier alpha value is -2.09. The third-order valence-corrected chi connectivity index (χ3v) is 8.50. The van der Waals surface area contributed by atoms with Gasteiger partial charge in [0.25, 0.3) is 0 Å². The topological polar surface area (TPSA) is 106 Å². The second-order valence-corrected chi connectivity index (χ2v) is 9.42. The Labute approximate surface area is 180 Å². The van der Waals surface area contributed by atoms with Crippen LogP contribution in [0.5, 0.6) is 0 Å². The van der Waals surface area contributed by atoms with Crippen LogP contribution in [0, 0.1) is 17.2 Å². The number of likely N-dealkylation sites (N-methyl/N-ethyl adjacent to an activating group) is 1. The maximum absolute atomic E-state index is 13.6. The van der Waals surface area contributed by atoms with E-state index in [0.29, 0.717) is 29.9 Å². The highest BCUT2D eigenvalue weighted by atomic mass is 16.5. The van der Waals surface area contributed by atoms with Gasteiger partial charge in [0.15, 0.2) is 11.5 Å². The summed E-state index contributed by atoms with van der Waals surface area (Å²) in [6.07, 6.45) is 0.694. The van der Waals surface area contributed by atoms with Crippen LogP contribution < -0.4 is 0 Å². The van der Waals surface area contributed by atoms with Crippen molar-refractivity contribution in [3.63, 3.8) is 0 Å². The van der Waals surface area contributed by atoms with Gasteiger partial charge in [-0.1, -0.05) is 0 Å². The Bertz CT molecular complexity index is 998. The Morgan fingerprint density at radius 1 is 1.26 bits per heavy atom. The minimum atomic E-state index is -0.701. The van der Waals surface area contributed by atoms with Gasteiger partial charge in [-0.2, -0.15) is 5.26 Å². The zero-order valence-electron chi connectivity index (χ0n) is 17.8. The van der Waals surface area contributed by atoms with Crippen LogP contribution in [-0.2, 0) is 19.1 Å². The molecular weight excluding hydrogens is 400 g/mol.